The van der Waals surface area contributed by atoms with Gasteiger partial charge in [0.05, 0.1) is 5.84 Å². The Bertz CT molecular complexity index is 134. The molecule has 0 aromatic rings. The number of hydrogen-bond donors (Lipinski definition) is 1. The van der Waals surface area contributed by atoms with Crippen molar-refractivity contribution in [3.63, 3.8) is 0 Å². The lowest BCUT2D eigenvalue weighted by molar-refractivity contribution is 0.221. The van der Waals surface area contributed by atoms with Crippen LogP contribution >= 0.6 is 0 Å². The first kappa shape index (κ1) is 5.27. The Labute approximate surface area is 55.4 Å². The monoisotopic (exact) mass is 124 g/mol. The quantitative estimate of drug-likeness (QED) is 0.514. The fourth-order valence-electron chi connectivity index (χ4n) is 1.81. The van der Waals surface area contributed by atoms with E-state index in [1.54, 1.807) is 0 Å². The molecule has 3 heterocycles. The molecule has 0 atom stereocenters. The van der Waals surface area contributed by atoms with Crippen LogP contribution in [-0.4, -0.2) is 23.8 Å². The molecule has 3 rings (SSSR count). The second-order valence-corrected chi connectivity index (χ2v) is 3.08. The molecule has 2 bridgehead atoms. The summed E-state index contributed by atoms with van der Waals surface area (Å²) in [5.41, 5.74) is 0. The number of piperidine rings is 3. The molecule has 0 aromatic heterocycles. The average molecular weight is 124 g/mol. The molecule has 3 saturated heterocycles. The van der Waals surface area contributed by atoms with Crippen molar-refractivity contribution in [1.29, 1.82) is 5.41 Å². The average Bonchev–Trinajstić information content (AvgIpc) is 1.90. The van der Waals surface area contributed by atoms with Gasteiger partial charge in [0, 0.05) is 19.5 Å². The summed E-state index contributed by atoms with van der Waals surface area (Å²) in [7, 11) is 0. The number of hydrogen-bond acceptors (Lipinski definition) is 1. The molecule has 1 N–H and O–H groups in total. The van der Waals surface area contributed by atoms with E-state index in [2.05, 4.69) is 4.90 Å². The fraction of sp³-hybridized carbons (Fsp3) is 0.857. The van der Waals surface area contributed by atoms with Crippen molar-refractivity contribution in [1.82, 2.24) is 4.90 Å². The zero-order chi connectivity index (χ0) is 6.27. The molecule has 3 fully saturated rings. The lowest BCUT2D eigenvalue weighted by Gasteiger charge is -2.40. The topological polar surface area (TPSA) is 27.1 Å². The molecule has 3 aliphatic rings. The summed E-state index contributed by atoms with van der Waals surface area (Å²) >= 11 is 0. The predicted molar refractivity (Wildman–Crippen MR) is 36.6 cm³/mol. The van der Waals surface area contributed by atoms with Crippen molar-refractivity contribution in [2.45, 2.75) is 19.3 Å². The highest BCUT2D eigenvalue weighted by molar-refractivity contribution is 5.80. The third-order valence-corrected chi connectivity index (χ3v) is 2.48. The number of fused-ring (bicyclic) bond motifs is 3. The van der Waals surface area contributed by atoms with Crippen molar-refractivity contribution in [3.05, 3.63) is 0 Å². The molecule has 0 aromatic carbocycles. The van der Waals surface area contributed by atoms with Crippen LogP contribution in [-0.2, 0) is 0 Å². The summed E-state index contributed by atoms with van der Waals surface area (Å²) in [5.74, 6) is 1.75. The van der Waals surface area contributed by atoms with E-state index in [9.17, 15) is 0 Å². The van der Waals surface area contributed by atoms with E-state index in [0.717, 1.165) is 31.3 Å². The minimum absolute atomic E-state index is 0.863. The lowest BCUT2D eigenvalue weighted by Crippen LogP contribution is -2.45. The molecular weight excluding hydrogens is 112 g/mol. The van der Waals surface area contributed by atoms with Crippen LogP contribution in [0.25, 0.3) is 0 Å². The van der Waals surface area contributed by atoms with Gasteiger partial charge < -0.3 is 4.90 Å². The SMILES string of the molecule is N=C1CC2CCN1CC2. The summed E-state index contributed by atoms with van der Waals surface area (Å²) < 4.78 is 0. The van der Waals surface area contributed by atoms with Gasteiger partial charge in [0.25, 0.3) is 0 Å². The van der Waals surface area contributed by atoms with Gasteiger partial charge in [0.2, 0.25) is 0 Å². The molecule has 50 valence electrons. The first-order valence-electron chi connectivity index (χ1n) is 3.68. The lowest BCUT2D eigenvalue weighted by atomic mass is 9.88. The molecular formula is C7H12N2. The molecule has 0 aliphatic carbocycles. The predicted octanol–water partition coefficient (Wildman–Crippen LogP) is 1.08. The van der Waals surface area contributed by atoms with Gasteiger partial charge in [-0.25, -0.2) is 0 Å². The summed E-state index contributed by atoms with van der Waals surface area (Å²) in [4.78, 5) is 2.21. The number of nitrogens with one attached hydrogen (secondary N) is 1. The standard InChI is InChI=1S/C7H12N2/c8-7-5-6-1-3-9(7)4-2-6/h6,8H,1-5H2. The summed E-state index contributed by atoms with van der Waals surface area (Å²) in [6.45, 7) is 2.31. The Morgan fingerprint density at radius 1 is 1.33 bits per heavy atom. The highest BCUT2D eigenvalue weighted by Crippen LogP contribution is 2.27. The Morgan fingerprint density at radius 3 is 2.22 bits per heavy atom. The van der Waals surface area contributed by atoms with E-state index in [1.807, 2.05) is 0 Å². The van der Waals surface area contributed by atoms with Crippen molar-refractivity contribution in [2.24, 2.45) is 5.92 Å². The zero-order valence-corrected chi connectivity index (χ0v) is 5.56. The molecule has 2 nitrogen and oxygen atoms in total. The van der Waals surface area contributed by atoms with E-state index < -0.39 is 0 Å². The minimum atomic E-state index is 0.863. The van der Waals surface area contributed by atoms with Crippen molar-refractivity contribution >= 4 is 5.84 Å². The molecule has 0 radical (unpaired) electrons. The van der Waals surface area contributed by atoms with E-state index in [0.29, 0.717) is 0 Å². The first-order chi connectivity index (χ1) is 4.36. The maximum absolute atomic E-state index is 7.50. The fourth-order valence-corrected chi connectivity index (χ4v) is 1.81. The largest absolute Gasteiger partial charge is 0.361 e. The number of nitrogens with zero attached hydrogens (tertiary/aromatic N) is 1. The normalized spacial score (nSPS) is 27.6. The third-order valence-electron chi connectivity index (χ3n) is 2.48. The summed E-state index contributed by atoms with van der Waals surface area (Å²) in [6.07, 6.45) is 3.73. The van der Waals surface area contributed by atoms with E-state index in [-0.39, 0.29) is 0 Å². The Balaban J connectivity index is 2.15. The zero-order valence-electron chi connectivity index (χ0n) is 5.56. The van der Waals surface area contributed by atoms with Crippen LogP contribution in [0, 0.1) is 11.3 Å². The molecule has 0 unspecified atom stereocenters. The van der Waals surface area contributed by atoms with E-state index in [4.69, 9.17) is 5.41 Å². The Morgan fingerprint density at radius 2 is 2.00 bits per heavy atom. The van der Waals surface area contributed by atoms with Crippen LogP contribution in [0.2, 0.25) is 0 Å². The van der Waals surface area contributed by atoms with Crippen molar-refractivity contribution in [2.75, 3.05) is 13.1 Å². The van der Waals surface area contributed by atoms with Gasteiger partial charge in [-0.15, -0.1) is 0 Å². The van der Waals surface area contributed by atoms with Crippen molar-refractivity contribution in [3.8, 4) is 0 Å². The van der Waals surface area contributed by atoms with Gasteiger partial charge in [0.15, 0.2) is 0 Å². The van der Waals surface area contributed by atoms with Gasteiger partial charge in [0.1, 0.15) is 0 Å². The van der Waals surface area contributed by atoms with Crippen LogP contribution in [0.5, 0.6) is 0 Å². The molecule has 9 heavy (non-hydrogen) atoms. The van der Waals surface area contributed by atoms with Crippen LogP contribution in [0.3, 0.4) is 0 Å². The highest BCUT2D eigenvalue weighted by atomic mass is 15.2. The van der Waals surface area contributed by atoms with Gasteiger partial charge in [-0.2, -0.15) is 0 Å². The minimum Gasteiger partial charge on any atom is -0.361 e. The molecule has 3 aliphatic heterocycles. The third kappa shape index (κ3) is 0.732. The van der Waals surface area contributed by atoms with Crippen LogP contribution in [0.4, 0.5) is 0 Å². The molecule has 2 heteroatoms. The Hall–Kier alpha value is -0.530. The number of amidine groups is 1. The molecule has 0 amide bonds. The summed E-state index contributed by atoms with van der Waals surface area (Å²) in [6, 6.07) is 0. The maximum Gasteiger partial charge on any atom is 0.0960 e. The van der Waals surface area contributed by atoms with Gasteiger partial charge in [-0.05, 0) is 18.8 Å². The Kier molecular flexibility index (Phi) is 1.01. The first-order valence-corrected chi connectivity index (χ1v) is 3.68. The second kappa shape index (κ2) is 1.72. The molecule has 0 saturated carbocycles. The van der Waals surface area contributed by atoms with Crippen molar-refractivity contribution < 1.29 is 0 Å². The second-order valence-electron chi connectivity index (χ2n) is 3.08. The van der Waals surface area contributed by atoms with E-state index >= 15 is 0 Å². The number of rotatable bonds is 0. The van der Waals surface area contributed by atoms with Crippen LogP contribution in [0.1, 0.15) is 19.3 Å². The molecule has 0 spiro atoms. The highest BCUT2D eigenvalue weighted by Gasteiger charge is 2.28. The van der Waals surface area contributed by atoms with Gasteiger partial charge >= 0.3 is 0 Å². The van der Waals surface area contributed by atoms with E-state index in [1.165, 1.54) is 12.8 Å². The van der Waals surface area contributed by atoms with Gasteiger partial charge in [-0.3, -0.25) is 5.41 Å². The maximum atomic E-state index is 7.50. The van der Waals surface area contributed by atoms with Gasteiger partial charge in [-0.1, -0.05) is 0 Å². The smallest absolute Gasteiger partial charge is 0.0960 e. The summed E-state index contributed by atoms with van der Waals surface area (Å²) in [5, 5.41) is 7.50. The van der Waals surface area contributed by atoms with Crippen LogP contribution in [0.15, 0.2) is 0 Å². The van der Waals surface area contributed by atoms with Crippen LogP contribution < -0.4 is 0 Å².